The third-order valence-corrected chi connectivity index (χ3v) is 9.40. The second kappa shape index (κ2) is 6.42. The first-order valence-electron chi connectivity index (χ1n) is 7.98. The minimum Gasteiger partial charge on any atom is -0.464 e. The monoisotopic (exact) mass is 344 g/mol. The summed E-state index contributed by atoms with van der Waals surface area (Å²) >= 11 is 0. The van der Waals surface area contributed by atoms with Crippen molar-refractivity contribution in [2.24, 2.45) is 0 Å². The number of carboxylic acid groups (broad SMARTS) is 1. The molecule has 128 valence electrons. The van der Waals surface area contributed by atoms with E-state index in [1.165, 1.54) is 4.57 Å². The third kappa shape index (κ3) is 3.52. The summed E-state index contributed by atoms with van der Waals surface area (Å²) in [5.41, 5.74) is 2.02. The summed E-state index contributed by atoms with van der Waals surface area (Å²) in [5.74, 6) is 0. The number of nitriles is 1. The summed E-state index contributed by atoms with van der Waals surface area (Å²) in [5, 5.41) is 19.4. The van der Waals surface area contributed by atoms with Gasteiger partial charge >= 0.3 is 6.09 Å². The predicted octanol–water partition coefficient (Wildman–Crippen LogP) is 4.60. The van der Waals surface area contributed by atoms with Gasteiger partial charge in [0.15, 0.2) is 8.32 Å². The molecular formula is C18H24N2O3Si. The van der Waals surface area contributed by atoms with Crippen LogP contribution in [0.5, 0.6) is 0 Å². The smallest absolute Gasteiger partial charge is 0.416 e. The van der Waals surface area contributed by atoms with Gasteiger partial charge in [0.2, 0.25) is 0 Å². The van der Waals surface area contributed by atoms with Crippen LogP contribution in [0.2, 0.25) is 18.1 Å². The molecule has 0 bridgehead atoms. The molecule has 1 N–H and O–H groups in total. The molecule has 1 heterocycles. The summed E-state index contributed by atoms with van der Waals surface area (Å²) in [6.07, 6.45) is 1.22. The van der Waals surface area contributed by atoms with Crippen molar-refractivity contribution in [3.8, 4) is 6.07 Å². The molecule has 0 fully saturated rings. The quantitative estimate of drug-likeness (QED) is 0.822. The van der Waals surface area contributed by atoms with Crippen molar-refractivity contribution in [2.45, 2.75) is 45.3 Å². The summed E-state index contributed by atoms with van der Waals surface area (Å²) in [4.78, 5) is 11.4. The van der Waals surface area contributed by atoms with Gasteiger partial charge in [0.1, 0.15) is 0 Å². The minimum atomic E-state index is -1.83. The van der Waals surface area contributed by atoms with E-state index in [1.54, 1.807) is 24.4 Å². The predicted molar refractivity (Wildman–Crippen MR) is 96.9 cm³/mol. The van der Waals surface area contributed by atoms with Gasteiger partial charge < -0.3 is 9.53 Å². The highest BCUT2D eigenvalue weighted by Gasteiger charge is 2.36. The summed E-state index contributed by atoms with van der Waals surface area (Å²) in [7, 11) is -1.83. The molecule has 6 heteroatoms. The molecular weight excluding hydrogens is 320 g/mol. The first kappa shape index (κ1) is 18.2. The Hall–Kier alpha value is -2.10. The molecule has 2 rings (SSSR count). The van der Waals surface area contributed by atoms with Gasteiger partial charge in [-0.3, -0.25) is 4.57 Å². The molecule has 0 saturated carbocycles. The molecule has 24 heavy (non-hydrogen) atoms. The standard InChI is InChI=1S/C18H24N2O3Si/c1-18(2,3)24(4,5)23-9-8-14-12-20(17(21)22)16-7-6-13(11-19)10-15(14)16/h6-7,10,12H,8-9H2,1-5H3,(H,21,22). The van der Waals surface area contributed by atoms with Crippen molar-refractivity contribution in [1.29, 1.82) is 5.26 Å². The van der Waals surface area contributed by atoms with Crippen LogP contribution in [-0.4, -0.2) is 30.7 Å². The van der Waals surface area contributed by atoms with Crippen molar-refractivity contribution in [1.82, 2.24) is 4.57 Å². The van der Waals surface area contributed by atoms with Crippen LogP contribution in [0, 0.1) is 11.3 Å². The van der Waals surface area contributed by atoms with Crippen LogP contribution in [-0.2, 0) is 10.8 Å². The first-order chi connectivity index (χ1) is 11.1. The maximum Gasteiger partial charge on any atom is 0.416 e. The number of fused-ring (bicyclic) bond motifs is 1. The Morgan fingerprint density at radius 3 is 2.58 bits per heavy atom. The molecule has 5 nitrogen and oxygen atoms in total. The number of aromatic nitrogens is 1. The summed E-state index contributed by atoms with van der Waals surface area (Å²) < 4.78 is 7.40. The lowest BCUT2D eigenvalue weighted by atomic mass is 10.1. The molecule has 0 amide bonds. The van der Waals surface area contributed by atoms with Crippen molar-refractivity contribution in [2.75, 3.05) is 6.61 Å². The van der Waals surface area contributed by atoms with E-state index in [4.69, 9.17) is 9.69 Å². The van der Waals surface area contributed by atoms with E-state index in [-0.39, 0.29) is 5.04 Å². The molecule has 0 saturated heterocycles. The molecule has 0 unspecified atom stereocenters. The fraction of sp³-hybridized carbons (Fsp3) is 0.444. The Morgan fingerprint density at radius 1 is 1.38 bits per heavy atom. The maximum atomic E-state index is 11.4. The molecule has 0 aliphatic carbocycles. The molecule has 0 aliphatic rings. The largest absolute Gasteiger partial charge is 0.464 e. The SMILES string of the molecule is CC(C)(C)[Si](C)(C)OCCc1cn(C(=O)O)c2ccc(C#N)cc12. The highest BCUT2D eigenvalue weighted by molar-refractivity contribution is 6.74. The lowest BCUT2D eigenvalue weighted by molar-refractivity contribution is 0.197. The van der Waals surface area contributed by atoms with Gasteiger partial charge in [-0.2, -0.15) is 5.26 Å². The second-order valence-electron chi connectivity index (χ2n) is 7.51. The van der Waals surface area contributed by atoms with Gasteiger partial charge in [-0.25, -0.2) is 4.79 Å². The fourth-order valence-electron chi connectivity index (χ4n) is 2.36. The number of benzene rings is 1. The van der Waals surface area contributed by atoms with Crippen LogP contribution >= 0.6 is 0 Å². The van der Waals surface area contributed by atoms with Crippen LogP contribution < -0.4 is 0 Å². The zero-order valence-corrected chi connectivity index (χ0v) is 15.9. The Kier molecular flexibility index (Phi) is 4.88. The normalized spacial score (nSPS) is 12.3. The van der Waals surface area contributed by atoms with Gasteiger partial charge in [-0.1, -0.05) is 20.8 Å². The van der Waals surface area contributed by atoms with Crippen LogP contribution in [0.1, 0.15) is 31.9 Å². The first-order valence-corrected chi connectivity index (χ1v) is 10.9. The molecule has 0 aliphatic heterocycles. The van der Waals surface area contributed by atoms with E-state index in [0.717, 1.165) is 10.9 Å². The summed E-state index contributed by atoms with van der Waals surface area (Å²) in [6, 6.07) is 7.17. The second-order valence-corrected chi connectivity index (χ2v) is 12.3. The Balaban J connectivity index is 2.29. The number of nitrogens with zero attached hydrogens (tertiary/aromatic N) is 2. The van der Waals surface area contributed by atoms with E-state index >= 15 is 0 Å². The molecule has 1 aromatic heterocycles. The maximum absolute atomic E-state index is 11.4. The van der Waals surface area contributed by atoms with Gasteiger partial charge in [-0.15, -0.1) is 0 Å². The zero-order valence-electron chi connectivity index (χ0n) is 14.9. The number of hydrogen-bond donors (Lipinski definition) is 1. The molecule has 0 spiro atoms. The Bertz CT molecular complexity index is 810. The van der Waals surface area contributed by atoms with Crippen molar-refractivity contribution in [3.63, 3.8) is 0 Å². The molecule has 2 aromatic rings. The zero-order chi connectivity index (χ0) is 18.1. The lowest BCUT2D eigenvalue weighted by Gasteiger charge is -2.36. The Morgan fingerprint density at radius 2 is 2.04 bits per heavy atom. The summed E-state index contributed by atoms with van der Waals surface area (Å²) in [6.45, 7) is 11.5. The topological polar surface area (TPSA) is 75.2 Å². The highest BCUT2D eigenvalue weighted by Crippen LogP contribution is 2.36. The van der Waals surface area contributed by atoms with E-state index in [1.807, 2.05) is 0 Å². The average molecular weight is 344 g/mol. The van der Waals surface area contributed by atoms with E-state index in [2.05, 4.69) is 39.9 Å². The van der Waals surface area contributed by atoms with Crippen LogP contribution in [0.4, 0.5) is 4.79 Å². The van der Waals surface area contributed by atoms with Gasteiger partial charge in [-0.05, 0) is 48.3 Å². The van der Waals surface area contributed by atoms with Crippen LogP contribution in [0.3, 0.4) is 0 Å². The highest BCUT2D eigenvalue weighted by atomic mass is 28.4. The van der Waals surface area contributed by atoms with Crippen molar-refractivity contribution in [3.05, 3.63) is 35.5 Å². The fourth-order valence-corrected chi connectivity index (χ4v) is 3.40. The van der Waals surface area contributed by atoms with Crippen LogP contribution in [0.25, 0.3) is 10.9 Å². The van der Waals surface area contributed by atoms with Gasteiger partial charge in [0.05, 0.1) is 17.1 Å². The molecule has 0 radical (unpaired) electrons. The van der Waals surface area contributed by atoms with E-state index < -0.39 is 14.4 Å². The Labute approximate surface area is 143 Å². The van der Waals surface area contributed by atoms with Crippen molar-refractivity contribution < 1.29 is 14.3 Å². The van der Waals surface area contributed by atoms with Gasteiger partial charge in [0, 0.05) is 18.2 Å². The number of carbonyl (C=O) groups is 1. The average Bonchev–Trinajstić information content (AvgIpc) is 2.84. The number of rotatable bonds is 4. The third-order valence-electron chi connectivity index (χ3n) is 4.86. The van der Waals surface area contributed by atoms with Gasteiger partial charge in [0.25, 0.3) is 0 Å². The van der Waals surface area contributed by atoms with E-state index in [0.29, 0.717) is 24.1 Å². The molecule has 0 atom stereocenters. The number of hydrogen-bond acceptors (Lipinski definition) is 3. The van der Waals surface area contributed by atoms with Crippen molar-refractivity contribution >= 4 is 25.3 Å². The molecule has 1 aromatic carbocycles. The van der Waals surface area contributed by atoms with E-state index in [9.17, 15) is 9.90 Å². The minimum absolute atomic E-state index is 0.135. The van der Waals surface area contributed by atoms with Crippen LogP contribution in [0.15, 0.2) is 24.4 Å². The lowest BCUT2D eigenvalue weighted by Crippen LogP contribution is -2.41.